The van der Waals surface area contributed by atoms with Gasteiger partial charge in [-0.15, -0.1) is 10.2 Å². The third-order valence-corrected chi connectivity index (χ3v) is 3.79. The van der Waals surface area contributed by atoms with Gasteiger partial charge in [0.1, 0.15) is 5.82 Å². The van der Waals surface area contributed by atoms with Crippen LogP contribution in [0.3, 0.4) is 0 Å². The maximum atomic E-state index is 14.0. The molecule has 0 saturated heterocycles. The van der Waals surface area contributed by atoms with Crippen molar-refractivity contribution in [2.75, 3.05) is 11.9 Å². The van der Waals surface area contributed by atoms with Crippen LogP contribution in [0.4, 0.5) is 10.2 Å². The van der Waals surface area contributed by atoms with Gasteiger partial charge in [-0.05, 0) is 46.6 Å². The molecule has 3 nitrogen and oxygen atoms in total. The molecule has 1 aromatic heterocycles. The normalized spacial score (nSPS) is 10.5. The van der Waals surface area contributed by atoms with Gasteiger partial charge in [-0.25, -0.2) is 4.39 Å². The highest BCUT2D eigenvalue weighted by atomic mass is 79.9. The highest BCUT2D eigenvalue weighted by Crippen LogP contribution is 2.32. The van der Waals surface area contributed by atoms with Crippen LogP contribution in [0, 0.1) is 5.82 Å². The van der Waals surface area contributed by atoms with Gasteiger partial charge >= 0.3 is 0 Å². The summed E-state index contributed by atoms with van der Waals surface area (Å²) in [6.07, 6.45) is 1.00. The monoisotopic (exact) mass is 343 g/mol. The lowest BCUT2D eigenvalue weighted by molar-refractivity contribution is 0.630. The minimum Gasteiger partial charge on any atom is -0.369 e. The summed E-state index contributed by atoms with van der Waals surface area (Å²) in [7, 11) is 0. The molecule has 100 valence electrons. The van der Waals surface area contributed by atoms with Gasteiger partial charge in [-0.3, -0.25) is 0 Å². The van der Waals surface area contributed by atoms with Gasteiger partial charge in [0, 0.05) is 16.6 Å². The van der Waals surface area contributed by atoms with Crippen LogP contribution in [0.15, 0.2) is 28.7 Å². The standard InChI is InChI=1S/C13H12BrClFN3/c1-2-7-17-11-6-5-10(18-19-11)8-3-4-9(14)12(15)13(8)16/h3-6H,2,7H2,1H3,(H,17,19). The zero-order chi connectivity index (χ0) is 13.8. The SMILES string of the molecule is CCCNc1ccc(-c2ccc(Br)c(Cl)c2F)nn1. The fourth-order valence-corrected chi connectivity index (χ4v) is 2.02. The van der Waals surface area contributed by atoms with Crippen molar-refractivity contribution in [2.45, 2.75) is 13.3 Å². The molecule has 6 heteroatoms. The van der Waals surface area contributed by atoms with Crippen LogP contribution in [0.2, 0.25) is 5.02 Å². The van der Waals surface area contributed by atoms with Crippen molar-refractivity contribution >= 4 is 33.3 Å². The van der Waals surface area contributed by atoms with E-state index in [1.807, 2.05) is 0 Å². The van der Waals surface area contributed by atoms with E-state index in [1.54, 1.807) is 24.3 Å². The molecule has 19 heavy (non-hydrogen) atoms. The first-order chi connectivity index (χ1) is 9.13. The Bertz CT molecular complexity index is 575. The van der Waals surface area contributed by atoms with E-state index in [-0.39, 0.29) is 5.02 Å². The maximum Gasteiger partial charge on any atom is 0.152 e. The summed E-state index contributed by atoms with van der Waals surface area (Å²) >= 11 is 9.02. The summed E-state index contributed by atoms with van der Waals surface area (Å²) in [5.41, 5.74) is 0.789. The van der Waals surface area contributed by atoms with Gasteiger partial charge in [-0.1, -0.05) is 18.5 Å². The zero-order valence-electron chi connectivity index (χ0n) is 10.3. The van der Waals surface area contributed by atoms with Crippen LogP contribution in [-0.4, -0.2) is 16.7 Å². The smallest absolute Gasteiger partial charge is 0.152 e. The molecule has 0 fully saturated rings. The summed E-state index contributed by atoms with van der Waals surface area (Å²) in [6, 6.07) is 6.79. The van der Waals surface area contributed by atoms with Crippen molar-refractivity contribution in [3.8, 4) is 11.3 Å². The Balaban J connectivity index is 2.30. The first kappa shape index (κ1) is 14.2. The fourth-order valence-electron chi connectivity index (χ4n) is 1.55. The highest BCUT2D eigenvalue weighted by Gasteiger charge is 2.13. The van der Waals surface area contributed by atoms with Gasteiger partial charge in [0.25, 0.3) is 0 Å². The third-order valence-electron chi connectivity index (χ3n) is 2.53. The number of aromatic nitrogens is 2. The van der Waals surface area contributed by atoms with Crippen LogP contribution in [0.5, 0.6) is 0 Å². The molecule has 2 rings (SSSR count). The number of anilines is 1. The van der Waals surface area contributed by atoms with Crippen molar-refractivity contribution < 1.29 is 4.39 Å². The van der Waals surface area contributed by atoms with Crippen molar-refractivity contribution in [2.24, 2.45) is 0 Å². The molecule has 1 N–H and O–H groups in total. The maximum absolute atomic E-state index is 14.0. The second kappa shape index (κ2) is 6.30. The summed E-state index contributed by atoms with van der Waals surface area (Å²) in [4.78, 5) is 0. The molecular weight excluding hydrogens is 333 g/mol. The molecule has 0 bridgehead atoms. The topological polar surface area (TPSA) is 37.8 Å². The molecule has 0 saturated carbocycles. The minimum absolute atomic E-state index is 0.0486. The Hall–Kier alpha value is -1.20. The van der Waals surface area contributed by atoms with E-state index in [2.05, 4.69) is 38.4 Å². The van der Waals surface area contributed by atoms with Crippen molar-refractivity contribution in [3.63, 3.8) is 0 Å². The predicted molar refractivity (Wildman–Crippen MR) is 78.9 cm³/mol. The number of hydrogen-bond donors (Lipinski definition) is 1. The number of nitrogens with one attached hydrogen (secondary N) is 1. The molecule has 1 aromatic carbocycles. The lowest BCUT2D eigenvalue weighted by Crippen LogP contribution is -2.03. The molecule has 0 atom stereocenters. The van der Waals surface area contributed by atoms with Gasteiger partial charge < -0.3 is 5.32 Å². The van der Waals surface area contributed by atoms with Gasteiger partial charge in [0.2, 0.25) is 0 Å². The van der Waals surface area contributed by atoms with E-state index < -0.39 is 5.82 Å². The Morgan fingerprint density at radius 2 is 2.05 bits per heavy atom. The molecule has 0 aliphatic carbocycles. The third kappa shape index (κ3) is 3.22. The Kier molecular flexibility index (Phi) is 4.71. The molecule has 0 aliphatic heterocycles. The molecule has 0 aliphatic rings. The van der Waals surface area contributed by atoms with Crippen molar-refractivity contribution in [1.82, 2.24) is 10.2 Å². The number of halogens is 3. The summed E-state index contributed by atoms with van der Waals surface area (Å²) < 4.78 is 14.5. The van der Waals surface area contributed by atoms with Crippen LogP contribution in [0.25, 0.3) is 11.3 Å². The average Bonchev–Trinajstić information content (AvgIpc) is 2.44. The number of nitrogens with zero attached hydrogens (tertiary/aromatic N) is 2. The predicted octanol–water partition coefficient (Wildman–Crippen LogP) is 4.52. The molecule has 0 radical (unpaired) electrons. The Morgan fingerprint density at radius 3 is 2.68 bits per heavy atom. The molecule has 0 unspecified atom stereocenters. The first-order valence-electron chi connectivity index (χ1n) is 5.85. The lowest BCUT2D eigenvalue weighted by Gasteiger charge is -2.06. The van der Waals surface area contributed by atoms with E-state index in [0.29, 0.717) is 21.5 Å². The Labute approximate surface area is 124 Å². The molecule has 0 spiro atoms. The number of hydrogen-bond acceptors (Lipinski definition) is 3. The Morgan fingerprint density at radius 1 is 1.26 bits per heavy atom. The number of benzene rings is 1. The second-order valence-corrected chi connectivity index (χ2v) is 5.19. The van der Waals surface area contributed by atoms with E-state index in [4.69, 9.17) is 11.6 Å². The molecular formula is C13H12BrClFN3. The van der Waals surface area contributed by atoms with Gasteiger partial charge in [0.05, 0.1) is 10.7 Å². The molecule has 0 amide bonds. The molecule has 2 aromatic rings. The van der Waals surface area contributed by atoms with Crippen molar-refractivity contribution in [3.05, 3.63) is 39.6 Å². The number of rotatable bonds is 4. The molecule has 1 heterocycles. The second-order valence-electron chi connectivity index (χ2n) is 3.95. The van der Waals surface area contributed by atoms with Crippen LogP contribution in [0.1, 0.15) is 13.3 Å². The van der Waals surface area contributed by atoms with E-state index in [0.717, 1.165) is 13.0 Å². The largest absolute Gasteiger partial charge is 0.369 e. The summed E-state index contributed by atoms with van der Waals surface area (Å²) in [6.45, 7) is 2.89. The van der Waals surface area contributed by atoms with Crippen LogP contribution < -0.4 is 5.32 Å². The zero-order valence-corrected chi connectivity index (χ0v) is 12.6. The summed E-state index contributed by atoms with van der Waals surface area (Å²) in [5.74, 6) is 0.175. The van der Waals surface area contributed by atoms with Gasteiger partial charge in [-0.2, -0.15) is 0 Å². The quantitative estimate of drug-likeness (QED) is 0.829. The average molecular weight is 345 g/mol. The minimum atomic E-state index is -0.500. The van der Waals surface area contributed by atoms with E-state index in [9.17, 15) is 4.39 Å². The van der Waals surface area contributed by atoms with E-state index >= 15 is 0 Å². The van der Waals surface area contributed by atoms with E-state index in [1.165, 1.54) is 0 Å². The highest BCUT2D eigenvalue weighted by molar-refractivity contribution is 9.10. The first-order valence-corrected chi connectivity index (χ1v) is 7.02. The van der Waals surface area contributed by atoms with Crippen molar-refractivity contribution in [1.29, 1.82) is 0 Å². The van der Waals surface area contributed by atoms with Crippen LogP contribution in [-0.2, 0) is 0 Å². The summed E-state index contributed by atoms with van der Waals surface area (Å²) in [5, 5.41) is 11.2. The van der Waals surface area contributed by atoms with Crippen LogP contribution >= 0.6 is 27.5 Å². The lowest BCUT2D eigenvalue weighted by atomic mass is 10.1. The fraction of sp³-hybridized carbons (Fsp3) is 0.231. The van der Waals surface area contributed by atoms with Gasteiger partial charge in [0.15, 0.2) is 5.82 Å².